The molecule has 1 fully saturated rings. The maximum absolute atomic E-state index is 12.7. The third kappa shape index (κ3) is 5.65. The van der Waals surface area contributed by atoms with E-state index >= 15 is 0 Å². The second kappa shape index (κ2) is 9.51. The Morgan fingerprint density at radius 3 is 2.38 bits per heavy atom. The summed E-state index contributed by atoms with van der Waals surface area (Å²) in [6.07, 6.45) is 2.91. The Morgan fingerprint density at radius 1 is 1.10 bits per heavy atom. The van der Waals surface area contributed by atoms with Crippen molar-refractivity contribution in [1.82, 2.24) is 9.62 Å². The van der Waals surface area contributed by atoms with E-state index in [1.807, 2.05) is 17.5 Å². The van der Waals surface area contributed by atoms with Crippen LogP contribution in [0.3, 0.4) is 0 Å². The summed E-state index contributed by atoms with van der Waals surface area (Å²) in [5.41, 5.74) is 0.514. The summed E-state index contributed by atoms with van der Waals surface area (Å²) in [5, 5.41) is 7.45. The van der Waals surface area contributed by atoms with Crippen LogP contribution in [0, 0.1) is 0 Å². The number of piperidine rings is 1. The first-order chi connectivity index (χ1) is 13.9. The molecule has 2 amide bonds. The number of nitrogens with zero attached hydrogens (tertiary/aromatic N) is 1. The Balaban J connectivity index is 1.64. The highest BCUT2D eigenvalue weighted by atomic mass is 32.2. The Hall–Kier alpha value is -2.23. The standard InChI is InChI=1S/C20H25N3O4S2/c1-15(24)21-18(19-6-5-13-28-19)14-20(25)22-16-7-9-17(10-8-16)29(26,27)23-11-3-2-4-12-23/h5-10,13,18H,2-4,11-12,14H2,1H3,(H,21,24)(H,22,25). The number of hydrogen-bond donors (Lipinski definition) is 2. The largest absolute Gasteiger partial charge is 0.348 e. The van der Waals surface area contributed by atoms with Crippen LogP contribution in [0.2, 0.25) is 0 Å². The zero-order valence-electron chi connectivity index (χ0n) is 16.3. The monoisotopic (exact) mass is 435 g/mol. The molecule has 0 spiro atoms. The molecular weight excluding hydrogens is 410 g/mol. The van der Waals surface area contributed by atoms with Crippen molar-refractivity contribution >= 4 is 38.9 Å². The number of amides is 2. The molecule has 1 atom stereocenters. The molecule has 0 bridgehead atoms. The molecule has 29 heavy (non-hydrogen) atoms. The highest BCUT2D eigenvalue weighted by molar-refractivity contribution is 7.89. The molecule has 0 aliphatic carbocycles. The fourth-order valence-corrected chi connectivity index (χ4v) is 5.61. The quantitative estimate of drug-likeness (QED) is 0.698. The molecule has 1 unspecified atom stereocenters. The van der Waals surface area contributed by atoms with Crippen LogP contribution < -0.4 is 10.6 Å². The summed E-state index contributed by atoms with van der Waals surface area (Å²) >= 11 is 1.47. The summed E-state index contributed by atoms with van der Waals surface area (Å²) in [7, 11) is -3.49. The Labute approximate surface area is 175 Å². The van der Waals surface area contributed by atoms with E-state index in [4.69, 9.17) is 0 Å². The number of rotatable bonds is 7. The Bertz CT molecular complexity index is 935. The van der Waals surface area contributed by atoms with Gasteiger partial charge in [0.1, 0.15) is 0 Å². The number of thiophene rings is 1. The van der Waals surface area contributed by atoms with E-state index in [0.717, 1.165) is 24.1 Å². The number of benzene rings is 1. The zero-order valence-corrected chi connectivity index (χ0v) is 17.9. The first-order valence-corrected chi connectivity index (χ1v) is 11.9. The lowest BCUT2D eigenvalue weighted by molar-refractivity contribution is -0.120. The average Bonchev–Trinajstić information content (AvgIpc) is 3.23. The predicted molar refractivity (Wildman–Crippen MR) is 113 cm³/mol. The van der Waals surface area contributed by atoms with E-state index in [9.17, 15) is 18.0 Å². The molecule has 9 heteroatoms. The molecule has 156 valence electrons. The van der Waals surface area contributed by atoms with Crippen LogP contribution in [-0.4, -0.2) is 37.6 Å². The van der Waals surface area contributed by atoms with Gasteiger partial charge in [-0.05, 0) is 48.6 Å². The van der Waals surface area contributed by atoms with Crippen molar-refractivity contribution in [2.45, 2.75) is 43.5 Å². The molecule has 1 aliphatic heterocycles. The molecule has 1 aliphatic rings. The lowest BCUT2D eigenvalue weighted by Gasteiger charge is -2.25. The van der Waals surface area contributed by atoms with Gasteiger partial charge in [0.15, 0.2) is 0 Å². The maximum Gasteiger partial charge on any atom is 0.243 e. The summed E-state index contributed by atoms with van der Waals surface area (Å²) in [5.74, 6) is -0.466. The van der Waals surface area contributed by atoms with Crippen molar-refractivity contribution in [3.05, 3.63) is 46.7 Å². The van der Waals surface area contributed by atoms with E-state index in [1.54, 1.807) is 12.1 Å². The second-order valence-electron chi connectivity index (χ2n) is 7.01. The van der Waals surface area contributed by atoms with Gasteiger partial charge in [-0.1, -0.05) is 12.5 Å². The summed E-state index contributed by atoms with van der Waals surface area (Å²) in [6.45, 7) is 2.52. The molecule has 2 aromatic rings. The second-order valence-corrected chi connectivity index (χ2v) is 9.93. The summed E-state index contributed by atoms with van der Waals surface area (Å²) in [6, 6.07) is 9.56. The van der Waals surface area contributed by atoms with Crippen LogP contribution in [0.5, 0.6) is 0 Å². The molecule has 7 nitrogen and oxygen atoms in total. The number of carbonyl (C=O) groups excluding carboxylic acids is 2. The van der Waals surface area contributed by atoms with Gasteiger partial charge < -0.3 is 10.6 Å². The highest BCUT2D eigenvalue weighted by Crippen LogP contribution is 2.24. The molecule has 2 heterocycles. The first-order valence-electron chi connectivity index (χ1n) is 9.57. The fourth-order valence-electron chi connectivity index (χ4n) is 3.32. The van der Waals surface area contributed by atoms with Crippen molar-refractivity contribution < 1.29 is 18.0 Å². The lowest BCUT2D eigenvalue weighted by Crippen LogP contribution is -2.35. The van der Waals surface area contributed by atoms with Gasteiger partial charge in [-0.25, -0.2) is 8.42 Å². The molecule has 1 aromatic carbocycles. The van der Waals surface area contributed by atoms with Gasteiger partial charge in [-0.15, -0.1) is 11.3 Å². The Morgan fingerprint density at radius 2 is 1.79 bits per heavy atom. The van der Waals surface area contributed by atoms with Crippen LogP contribution in [-0.2, 0) is 19.6 Å². The van der Waals surface area contributed by atoms with Crippen LogP contribution in [0.15, 0.2) is 46.7 Å². The maximum atomic E-state index is 12.7. The van der Waals surface area contributed by atoms with Gasteiger partial charge in [-0.3, -0.25) is 9.59 Å². The first kappa shape index (κ1) is 21.5. The predicted octanol–water partition coefficient (Wildman–Crippen LogP) is 3.13. The molecule has 0 saturated carbocycles. The van der Waals surface area contributed by atoms with Gasteiger partial charge in [-0.2, -0.15) is 4.31 Å². The van der Waals surface area contributed by atoms with Gasteiger partial charge in [0.25, 0.3) is 0 Å². The molecule has 0 radical (unpaired) electrons. The van der Waals surface area contributed by atoms with E-state index in [-0.39, 0.29) is 23.1 Å². The zero-order chi connectivity index (χ0) is 20.9. The number of nitrogens with one attached hydrogen (secondary N) is 2. The van der Waals surface area contributed by atoms with Crippen molar-refractivity contribution in [3.63, 3.8) is 0 Å². The summed E-state index contributed by atoms with van der Waals surface area (Å²) < 4.78 is 26.9. The normalized spacial score (nSPS) is 16.2. The van der Waals surface area contributed by atoms with E-state index in [0.29, 0.717) is 18.8 Å². The highest BCUT2D eigenvalue weighted by Gasteiger charge is 2.26. The molecule has 1 aromatic heterocycles. The Kier molecular flexibility index (Phi) is 7.05. The van der Waals surface area contributed by atoms with Gasteiger partial charge in [0, 0.05) is 30.6 Å². The summed E-state index contributed by atoms with van der Waals surface area (Å²) in [4.78, 5) is 25.0. The van der Waals surface area contributed by atoms with Crippen LogP contribution in [0.1, 0.15) is 43.5 Å². The van der Waals surface area contributed by atoms with E-state index in [1.165, 1.54) is 34.7 Å². The lowest BCUT2D eigenvalue weighted by atomic mass is 10.1. The smallest absolute Gasteiger partial charge is 0.243 e. The van der Waals surface area contributed by atoms with Crippen molar-refractivity contribution in [2.24, 2.45) is 0 Å². The van der Waals surface area contributed by atoms with Gasteiger partial charge in [0.05, 0.1) is 17.4 Å². The average molecular weight is 436 g/mol. The molecule has 2 N–H and O–H groups in total. The SMILES string of the molecule is CC(=O)NC(CC(=O)Nc1ccc(S(=O)(=O)N2CCCCC2)cc1)c1cccs1. The number of sulfonamides is 1. The minimum Gasteiger partial charge on any atom is -0.348 e. The minimum atomic E-state index is -3.49. The minimum absolute atomic E-state index is 0.0912. The van der Waals surface area contributed by atoms with Crippen LogP contribution in [0.25, 0.3) is 0 Å². The number of carbonyl (C=O) groups is 2. The number of hydrogen-bond acceptors (Lipinski definition) is 5. The van der Waals surface area contributed by atoms with E-state index < -0.39 is 16.1 Å². The molecular formula is C20H25N3O4S2. The van der Waals surface area contributed by atoms with Crippen molar-refractivity contribution in [3.8, 4) is 0 Å². The fraction of sp³-hybridized carbons (Fsp3) is 0.400. The van der Waals surface area contributed by atoms with Gasteiger partial charge in [0.2, 0.25) is 21.8 Å². The van der Waals surface area contributed by atoms with Gasteiger partial charge >= 0.3 is 0 Å². The van der Waals surface area contributed by atoms with Crippen molar-refractivity contribution in [2.75, 3.05) is 18.4 Å². The third-order valence-corrected chi connectivity index (χ3v) is 7.64. The molecule has 3 rings (SSSR count). The topological polar surface area (TPSA) is 95.6 Å². The van der Waals surface area contributed by atoms with Crippen LogP contribution in [0.4, 0.5) is 5.69 Å². The third-order valence-electron chi connectivity index (χ3n) is 4.74. The van der Waals surface area contributed by atoms with E-state index in [2.05, 4.69) is 10.6 Å². The van der Waals surface area contributed by atoms with Crippen molar-refractivity contribution in [1.29, 1.82) is 0 Å². The number of anilines is 1. The molecule has 1 saturated heterocycles. The van der Waals surface area contributed by atoms with Crippen LogP contribution >= 0.6 is 11.3 Å².